The van der Waals surface area contributed by atoms with Gasteiger partial charge in [0.15, 0.2) is 35.7 Å². The van der Waals surface area contributed by atoms with Crippen LogP contribution < -0.4 is 47.5 Å². The molecule has 0 bridgehead atoms. The number of nitrogens with one attached hydrogen (secondary N) is 1. The highest BCUT2D eigenvalue weighted by atomic mass is 127. The summed E-state index contributed by atoms with van der Waals surface area (Å²) >= 11 is 0. The molecule has 0 spiro atoms. The van der Waals surface area contributed by atoms with Gasteiger partial charge >= 0.3 is 0 Å². The summed E-state index contributed by atoms with van der Waals surface area (Å²) in [6.07, 6.45) is 7.10. The Bertz CT molecular complexity index is 1660. The van der Waals surface area contributed by atoms with Crippen LogP contribution in [-0.2, 0) is 25.8 Å². The molecule has 0 fully saturated rings. The fourth-order valence-corrected chi connectivity index (χ4v) is 5.86. The highest BCUT2D eigenvalue weighted by molar-refractivity contribution is 5.95. The Morgan fingerprint density at radius 1 is 0.919 bits per heavy atom. The molecule has 0 unspecified atom stereocenters. The summed E-state index contributed by atoms with van der Waals surface area (Å²) in [6, 6.07) is 17.0. The van der Waals surface area contributed by atoms with Crippen LogP contribution >= 0.6 is 0 Å². The zero-order valence-electron chi connectivity index (χ0n) is 20.8. The summed E-state index contributed by atoms with van der Waals surface area (Å²) in [5.41, 5.74) is 7.56. The van der Waals surface area contributed by atoms with Gasteiger partial charge in [0.1, 0.15) is 0 Å². The van der Waals surface area contributed by atoms with Crippen LogP contribution in [0.25, 0.3) is 32.9 Å². The molecule has 188 valence electrons. The Morgan fingerprint density at radius 2 is 1.76 bits per heavy atom. The molecule has 7 rings (SSSR count). The molecule has 0 aliphatic carbocycles. The van der Waals surface area contributed by atoms with Crippen LogP contribution in [0.3, 0.4) is 0 Å². The highest BCUT2D eigenvalue weighted by Gasteiger charge is 2.32. The number of H-pyrrole nitrogens is 1. The molecule has 3 aromatic carbocycles. The number of hydrogen-bond acceptors (Lipinski definition) is 4. The van der Waals surface area contributed by atoms with E-state index >= 15 is 0 Å². The predicted molar refractivity (Wildman–Crippen MR) is 138 cm³/mol. The maximum atomic E-state index is 5.85. The lowest BCUT2D eigenvalue weighted by molar-refractivity contribution is -0.686. The summed E-state index contributed by atoms with van der Waals surface area (Å²) in [4.78, 5) is 3.43. The molecule has 6 nitrogen and oxygen atoms in total. The van der Waals surface area contributed by atoms with E-state index in [0.29, 0.717) is 0 Å². The van der Waals surface area contributed by atoms with Crippen molar-refractivity contribution < 1.29 is 47.5 Å². The first kappa shape index (κ1) is 23.9. The Balaban J connectivity index is 0.00000252. The normalized spacial score (nSPS) is 13.2. The van der Waals surface area contributed by atoms with Crippen molar-refractivity contribution in [2.75, 3.05) is 21.0 Å². The third-order valence-corrected chi connectivity index (χ3v) is 7.56. The van der Waals surface area contributed by atoms with Crippen molar-refractivity contribution in [3.63, 3.8) is 0 Å². The van der Waals surface area contributed by atoms with Gasteiger partial charge in [0, 0.05) is 34.5 Å². The first-order chi connectivity index (χ1) is 17.7. The predicted octanol–water partition coefficient (Wildman–Crippen LogP) is 2.37. The number of ether oxygens (including phenoxy) is 4. The number of aryl methyl sites for hydroxylation is 4. The number of hydrogen-bond donors (Lipinski definition) is 1. The summed E-state index contributed by atoms with van der Waals surface area (Å²) in [6.45, 7) is 1.17. The first-order valence-electron chi connectivity index (χ1n) is 12.3. The molecule has 0 radical (unpaired) electrons. The van der Waals surface area contributed by atoms with E-state index in [-0.39, 0.29) is 30.8 Å². The second kappa shape index (κ2) is 9.45. The Morgan fingerprint density at radius 3 is 2.59 bits per heavy atom. The lowest BCUT2D eigenvalue weighted by Crippen LogP contribution is -3.00. The van der Waals surface area contributed by atoms with Crippen molar-refractivity contribution >= 4 is 21.7 Å². The Kier molecular flexibility index (Phi) is 6.10. The average Bonchev–Trinajstić information content (AvgIpc) is 3.55. The van der Waals surface area contributed by atoms with Crippen molar-refractivity contribution in [2.24, 2.45) is 0 Å². The zero-order valence-corrected chi connectivity index (χ0v) is 22.9. The number of nitrogens with zero attached hydrogens (tertiary/aromatic N) is 1. The number of aromatic nitrogens is 2. The summed E-state index contributed by atoms with van der Waals surface area (Å²) in [5.74, 6) is 3.18. The van der Waals surface area contributed by atoms with Crippen molar-refractivity contribution in [2.45, 2.75) is 25.8 Å². The van der Waals surface area contributed by atoms with E-state index in [1.54, 1.807) is 14.2 Å². The molecule has 2 aliphatic rings. The number of methoxy groups -OCH3 is 2. The minimum atomic E-state index is 0. The highest BCUT2D eigenvalue weighted by Crippen LogP contribution is 2.44. The first-order valence-corrected chi connectivity index (χ1v) is 12.3. The standard InChI is InChI=1S/C30H27N2O4.HI/c1-33-26-10-9-21-22(8-7-19-15-31-25-6-4-3-5-20(19)25)29-23-14-28-27(35-17-36-28)13-18(23)11-12-32(29)16-24(21)30(26)34-2;/h3-6,9-10,13-16,31H,7-8,11-12,17H2,1-2H3;1H/q+1;/p-1. The van der Waals surface area contributed by atoms with Crippen LogP contribution in [0.1, 0.15) is 16.7 Å². The Hall–Kier alpha value is -3.46. The van der Waals surface area contributed by atoms with Crippen LogP contribution in [-0.4, -0.2) is 26.0 Å². The van der Waals surface area contributed by atoms with Crippen molar-refractivity contribution in [1.29, 1.82) is 0 Å². The van der Waals surface area contributed by atoms with E-state index in [4.69, 9.17) is 18.9 Å². The van der Waals surface area contributed by atoms with Gasteiger partial charge in [-0.25, -0.2) is 0 Å². The molecule has 2 aliphatic heterocycles. The molecule has 0 amide bonds. The quantitative estimate of drug-likeness (QED) is 0.247. The lowest BCUT2D eigenvalue weighted by Gasteiger charge is -2.21. The minimum absolute atomic E-state index is 0. The van der Waals surface area contributed by atoms with Crippen LogP contribution in [0.4, 0.5) is 0 Å². The van der Waals surface area contributed by atoms with Crippen molar-refractivity contribution in [3.8, 4) is 34.3 Å². The molecule has 1 N–H and O–H groups in total. The zero-order chi connectivity index (χ0) is 24.2. The maximum absolute atomic E-state index is 5.85. The van der Waals surface area contributed by atoms with Gasteiger partial charge in [0.05, 0.1) is 25.2 Å². The number of aromatic amines is 1. The third kappa shape index (κ3) is 3.79. The van der Waals surface area contributed by atoms with Gasteiger partial charge in [0.2, 0.25) is 12.5 Å². The van der Waals surface area contributed by atoms with Gasteiger partial charge in [-0.15, -0.1) is 0 Å². The van der Waals surface area contributed by atoms with Crippen LogP contribution in [0.15, 0.2) is 60.9 Å². The fourth-order valence-electron chi connectivity index (χ4n) is 5.86. The SMILES string of the molecule is COc1ccc2c(CCc3c[nH]c4ccccc34)c3[n+](cc2c1OC)CCc1cc2c(cc1-3)OCO2.[I-]. The van der Waals surface area contributed by atoms with Gasteiger partial charge in [-0.2, -0.15) is 4.57 Å². The average molecular weight is 606 g/mol. The smallest absolute Gasteiger partial charge is 0.231 e. The molecule has 2 aromatic heterocycles. The number of para-hydroxylation sites is 1. The topological polar surface area (TPSA) is 56.6 Å². The molecule has 37 heavy (non-hydrogen) atoms. The monoisotopic (exact) mass is 606 g/mol. The summed E-state index contributed by atoms with van der Waals surface area (Å²) in [5, 5.41) is 3.53. The van der Waals surface area contributed by atoms with Crippen molar-refractivity contribution in [1.82, 2.24) is 4.98 Å². The fraction of sp³-hybridized carbons (Fsp3) is 0.233. The molecule has 4 heterocycles. The van der Waals surface area contributed by atoms with Crippen LogP contribution in [0.5, 0.6) is 23.0 Å². The number of fused-ring (bicyclic) bond motifs is 6. The number of halogens is 1. The summed E-state index contributed by atoms with van der Waals surface area (Å²) in [7, 11) is 3.40. The van der Waals surface area contributed by atoms with Gasteiger partial charge < -0.3 is 47.9 Å². The van der Waals surface area contributed by atoms with Gasteiger partial charge in [-0.05, 0) is 54.3 Å². The second-order valence-corrected chi connectivity index (χ2v) is 9.38. The van der Waals surface area contributed by atoms with E-state index in [9.17, 15) is 0 Å². The number of rotatable bonds is 5. The molecule has 0 saturated heterocycles. The van der Waals surface area contributed by atoms with Crippen LogP contribution in [0, 0.1) is 0 Å². The third-order valence-electron chi connectivity index (χ3n) is 7.56. The van der Waals surface area contributed by atoms with Gasteiger partial charge in [-0.1, -0.05) is 18.2 Å². The second-order valence-electron chi connectivity index (χ2n) is 9.38. The molecule has 0 saturated carbocycles. The van der Waals surface area contributed by atoms with E-state index in [2.05, 4.69) is 64.4 Å². The molecular weight excluding hydrogens is 579 g/mol. The van der Waals surface area contributed by atoms with Crippen molar-refractivity contribution in [3.05, 3.63) is 77.6 Å². The molecule has 0 atom stereocenters. The molecule has 7 heteroatoms. The van der Waals surface area contributed by atoms with Gasteiger partial charge in [-0.3, -0.25) is 0 Å². The Labute approximate surface area is 232 Å². The van der Waals surface area contributed by atoms with Crippen LogP contribution in [0.2, 0.25) is 0 Å². The number of pyridine rings is 1. The van der Waals surface area contributed by atoms with E-state index in [0.717, 1.165) is 54.2 Å². The van der Waals surface area contributed by atoms with Gasteiger partial charge in [0.25, 0.3) is 0 Å². The largest absolute Gasteiger partial charge is 1.00 e. The number of benzene rings is 3. The lowest BCUT2D eigenvalue weighted by atomic mass is 9.88. The maximum Gasteiger partial charge on any atom is 0.231 e. The minimum Gasteiger partial charge on any atom is -1.00 e. The molecule has 5 aromatic rings. The van der Waals surface area contributed by atoms with E-state index in [1.807, 2.05) is 6.07 Å². The van der Waals surface area contributed by atoms with E-state index < -0.39 is 0 Å². The summed E-state index contributed by atoms with van der Waals surface area (Å²) < 4.78 is 25.3. The van der Waals surface area contributed by atoms with E-state index in [1.165, 1.54) is 44.2 Å². The molecular formula is C30H27IN2O4.